The highest BCUT2D eigenvalue weighted by Crippen LogP contribution is 2.30. The number of nitrogens with zero attached hydrogens (tertiary/aromatic N) is 1. The minimum atomic E-state index is -3.86. The lowest BCUT2D eigenvalue weighted by atomic mass is 10.1. The molecule has 2 heterocycles. The Labute approximate surface area is 158 Å². The summed E-state index contributed by atoms with van der Waals surface area (Å²) in [4.78, 5) is 11.5. The largest absolute Gasteiger partial charge is 0.419 e. The molecule has 2 aromatic heterocycles. The predicted octanol–water partition coefficient (Wildman–Crippen LogP) is 2.36. The van der Waals surface area contributed by atoms with Gasteiger partial charge in [0, 0.05) is 23.9 Å². The van der Waals surface area contributed by atoms with Crippen molar-refractivity contribution in [2.45, 2.75) is 11.0 Å². The predicted molar refractivity (Wildman–Crippen MR) is 103 cm³/mol. The van der Waals surface area contributed by atoms with Crippen LogP contribution in [0, 0.1) is 0 Å². The highest BCUT2D eigenvalue weighted by Gasteiger charge is 2.20. The standard InChI is InChI=1S/C18H16N2O5S2/c1-20-14-8-11(6-7-16(14)25-18(20)22)27(23,24)19-9-15(21)13-10-26-17-5-3-2-4-12(13)17/h2-8,10,15,19,21H,9H2,1H3. The van der Waals surface area contributed by atoms with Crippen molar-refractivity contribution in [3.8, 4) is 0 Å². The van der Waals surface area contributed by atoms with Crippen LogP contribution in [0.4, 0.5) is 0 Å². The number of nitrogens with one attached hydrogen (secondary N) is 1. The first-order valence-corrected chi connectivity index (χ1v) is 10.5. The first-order chi connectivity index (χ1) is 12.9. The topological polar surface area (TPSA) is 102 Å². The number of hydrogen-bond donors (Lipinski definition) is 2. The average molecular weight is 404 g/mol. The van der Waals surface area contributed by atoms with Gasteiger partial charge >= 0.3 is 5.76 Å². The van der Waals surface area contributed by atoms with E-state index in [0.717, 1.165) is 10.1 Å². The molecule has 0 aliphatic rings. The van der Waals surface area contributed by atoms with Crippen molar-refractivity contribution in [2.24, 2.45) is 7.05 Å². The normalized spacial score (nSPS) is 13.4. The lowest BCUT2D eigenvalue weighted by molar-refractivity contribution is 0.184. The van der Waals surface area contributed by atoms with Gasteiger partial charge in [-0.15, -0.1) is 11.3 Å². The molecule has 2 N–H and O–H groups in total. The summed E-state index contributed by atoms with van der Waals surface area (Å²) in [6.45, 7) is -0.161. The van der Waals surface area contributed by atoms with Gasteiger partial charge in [-0.1, -0.05) is 18.2 Å². The molecule has 0 aliphatic heterocycles. The van der Waals surface area contributed by atoms with Crippen LogP contribution in [0.15, 0.2) is 62.0 Å². The molecule has 140 valence electrons. The number of rotatable bonds is 5. The molecule has 1 atom stereocenters. The van der Waals surface area contributed by atoms with Gasteiger partial charge in [0.2, 0.25) is 10.0 Å². The summed E-state index contributed by atoms with van der Waals surface area (Å²) in [5.74, 6) is -0.563. The van der Waals surface area contributed by atoms with Gasteiger partial charge in [0.25, 0.3) is 0 Å². The third kappa shape index (κ3) is 3.19. The molecule has 4 aromatic rings. The summed E-state index contributed by atoms with van der Waals surface area (Å²) < 4.78 is 34.9. The fourth-order valence-corrected chi connectivity index (χ4v) is 4.98. The van der Waals surface area contributed by atoms with E-state index in [4.69, 9.17) is 4.42 Å². The minimum Gasteiger partial charge on any atom is -0.408 e. The van der Waals surface area contributed by atoms with Crippen molar-refractivity contribution >= 4 is 42.5 Å². The number of aromatic nitrogens is 1. The lowest BCUT2D eigenvalue weighted by Gasteiger charge is -2.12. The van der Waals surface area contributed by atoms with Gasteiger partial charge < -0.3 is 9.52 Å². The van der Waals surface area contributed by atoms with E-state index >= 15 is 0 Å². The van der Waals surface area contributed by atoms with Crippen LogP contribution in [0.2, 0.25) is 0 Å². The monoisotopic (exact) mass is 404 g/mol. The van der Waals surface area contributed by atoms with Crippen molar-refractivity contribution < 1.29 is 17.9 Å². The lowest BCUT2D eigenvalue weighted by Crippen LogP contribution is -2.28. The van der Waals surface area contributed by atoms with Crippen molar-refractivity contribution in [3.05, 3.63) is 64.0 Å². The molecule has 2 aromatic carbocycles. The molecule has 0 bridgehead atoms. The van der Waals surface area contributed by atoms with E-state index in [1.165, 1.54) is 41.2 Å². The molecule has 0 radical (unpaired) electrons. The summed E-state index contributed by atoms with van der Waals surface area (Å²) >= 11 is 1.50. The molecule has 27 heavy (non-hydrogen) atoms. The van der Waals surface area contributed by atoms with Gasteiger partial charge in [-0.3, -0.25) is 4.57 Å². The van der Waals surface area contributed by atoms with E-state index in [0.29, 0.717) is 16.7 Å². The van der Waals surface area contributed by atoms with Gasteiger partial charge in [0.05, 0.1) is 16.5 Å². The Kier molecular flexibility index (Phi) is 4.39. The van der Waals surface area contributed by atoms with Gasteiger partial charge in [-0.25, -0.2) is 17.9 Å². The van der Waals surface area contributed by atoms with Crippen LogP contribution < -0.4 is 10.5 Å². The van der Waals surface area contributed by atoms with Crippen LogP contribution in [0.1, 0.15) is 11.7 Å². The van der Waals surface area contributed by atoms with Gasteiger partial charge in [0.15, 0.2) is 5.58 Å². The maximum absolute atomic E-state index is 12.6. The zero-order valence-electron chi connectivity index (χ0n) is 14.2. The zero-order valence-corrected chi connectivity index (χ0v) is 15.9. The van der Waals surface area contributed by atoms with E-state index in [9.17, 15) is 18.3 Å². The highest BCUT2D eigenvalue weighted by atomic mass is 32.2. The van der Waals surface area contributed by atoms with E-state index in [1.54, 1.807) is 0 Å². The van der Waals surface area contributed by atoms with Gasteiger partial charge in [-0.05, 0) is 35.0 Å². The Bertz CT molecular complexity index is 1300. The highest BCUT2D eigenvalue weighted by molar-refractivity contribution is 7.89. The molecule has 0 spiro atoms. The quantitative estimate of drug-likeness (QED) is 0.532. The molecule has 4 rings (SSSR count). The number of aliphatic hydroxyl groups is 1. The summed E-state index contributed by atoms with van der Waals surface area (Å²) in [5, 5.41) is 13.2. The van der Waals surface area contributed by atoms with Crippen LogP contribution >= 0.6 is 11.3 Å². The third-order valence-electron chi connectivity index (χ3n) is 4.41. The summed E-state index contributed by atoms with van der Waals surface area (Å²) in [6, 6.07) is 11.8. The van der Waals surface area contributed by atoms with Crippen molar-refractivity contribution in [1.82, 2.24) is 9.29 Å². The average Bonchev–Trinajstić information content (AvgIpc) is 3.21. The summed E-state index contributed by atoms with van der Waals surface area (Å²) in [5.41, 5.74) is 1.38. The molecule has 9 heteroatoms. The van der Waals surface area contributed by atoms with Crippen LogP contribution in [0.25, 0.3) is 21.2 Å². The van der Waals surface area contributed by atoms with E-state index in [-0.39, 0.29) is 11.4 Å². The molecule has 0 aliphatic carbocycles. The number of benzene rings is 2. The molecule has 1 unspecified atom stereocenters. The first-order valence-electron chi connectivity index (χ1n) is 8.10. The Balaban J connectivity index is 1.58. The van der Waals surface area contributed by atoms with Crippen LogP contribution in [0.3, 0.4) is 0 Å². The van der Waals surface area contributed by atoms with E-state index in [2.05, 4.69) is 4.72 Å². The van der Waals surface area contributed by atoms with Crippen molar-refractivity contribution in [3.63, 3.8) is 0 Å². The Morgan fingerprint density at radius 2 is 2.04 bits per heavy atom. The second-order valence-corrected chi connectivity index (χ2v) is 8.79. The number of sulfonamides is 1. The Morgan fingerprint density at radius 3 is 2.85 bits per heavy atom. The molecule has 0 fully saturated rings. The van der Waals surface area contributed by atoms with Crippen LogP contribution in [-0.4, -0.2) is 24.6 Å². The second kappa shape index (κ2) is 6.61. The molecule has 0 saturated heterocycles. The van der Waals surface area contributed by atoms with Crippen LogP contribution in [-0.2, 0) is 17.1 Å². The maximum atomic E-state index is 12.6. The van der Waals surface area contributed by atoms with Crippen molar-refractivity contribution in [1.29, 1.82) is 0 Å². The summed E-state index contributed by atoms with van der Waals surface area (Å²) in [6.07, 6.45) is -0.974. The van der Waals surface area contributed by atoms with E-state index < -0.39 is 21.9 Å². The van der Waals surface area contributed by atoms with E-state index in [1.807, 2.05) is 29.6 Å². The number of fused-ring (bicyclic) bond motifs is 2. The number of hydrogen-bond acceptors (Lipinski definition) is 6. The molecular weight excluding hydrogens is 388 g/mol. The SMILES string of the molecule is Cn1c(=O)oc2ccc(S(=O)(=O)NCC(O)c3csc4ccccc34)cc21. The minimum absolute atomic E-state index is 0.00576. The molecule has 0 saturated carbocycles. The second-order valence-electron chi connectivity index (χ2n) is 6.11. The first kappa shape index (κ1) is 17.9. The zero-order chi connectivity index (χ0) is 19.2. The number of thiophene rings is 1. The van der Waals surface area contributed by atoms with Gasteiger partial charge in [-0.2, -0.15) is 0 Å². The Morgan fingerprint density at radius 1 is 1.26 bits per heavy atom. The van der Waals surface area contributed by atoms with Crippen molar-refractivity contribution in [2.75, 3.05) is 6.54 Å². The number of aliphatic hydroxyl groups excluding tert-OH is 1. The number of oxazole rings is 1. The van der Waals surface area contributed by atoms with Gasteiger partial charge in [0.1, 0.15) is 0 Å². The molecule has 7 nitrogen and oxygen atoms in total. The number of aryl methyl sites for hydroxylation is 1. The Hall–Kier alpha value is -2.46. The third-order valence-corrected chi connectivity index (χ3v) is 6.81. The van der Waals surface area contributed by atoms with Crippen LogP contribution in [0.5, 0.6) is 0 Å². The maximum Gasteiger partial charge on any atom is 0.419 e. The fraction of sp³-hybridized carbons (Fsp3) is 0.167. The smallest absolute Gasteiger partial charge is 0.408 e. The summed E-state index contributed by atoms with van der Waals surface area (Å²) in [7, 11) is -2.36. The fourth-order valence-electron chi connectivity index (χ4n) is 2.91. The molecule has 0 amide bonds. The molecular formula is C18H16N2O5S2.